The second kappa shape index (κ2) is 15.2. The Morgan fingerprint density at radius 3 is 2.19 bits per heavy atom. The molecule has 3 saturated carbocycles. The molecule has 20 N–H and O–H groups in total. The minimum absolute atomic E-state index is 0.00311. The van der Waals surface area contributed by atoms with Crippen LogP contribution in [0.25, 0.3) is 0 Å². The van der Waals surface area contributed by atoms with Crippen LogP contribution in [0.15, 0.2) is 4.99 Å². The molecule has 2 saturated heterocycles. The fraction of sp³-hybridized carbons (Fsp3) is 0.929. The van der Waals surface area contributed by atoms with Crippen LogP contribution in [0.4, 0.5) is 0 Å². The first-order valence-electron chi connectivity index (χ1n) is 16.4. The van der Waals surface area contributed by atoms with E-state index in [0.29, 0.717) is 12.5 Å². The molecule has 0 aromatic heterocycles. The fourth-order valence-corrected chi connectivity index (χ4v) is 7.05. The number of aliphatic hydroxyl groups excluding tert-OH is 5. The van der Waals surface area contributed by atoms with Crippen LogP contribution in [0.2, 0.25) is 0 Å². The number of nitrogens with one attached hydrogen (secondary N) is 2. The first-order chi connectivity index (χ1) is 22.7. The van der Waals surface area contributed by atoms with E-state index in [0.717, 1.165) is 12.8 Å². The summed E-state index contributed by atoms with van der Waals surface area (Å²) in [6, 6.07) is -4.56. The molecule has 2 aliphatic heterocycles. The summed E-state index contributed by atoms with van der Waals surface area (Å²) in [4.78, 5) is 17.1. The van der Waals surface area contributed by atoms with Gasteiger partial charge in [0.2, 0.25) is 0 Å². The second-order valence-electron chi connectivity index (χ2n) is 13.8. The van der Waals surface area contributed by atoms with Gasteiger partial charge in [-0.15, -0.1) is 0 Å². The van der Waals surface area contributed by atoms with E-state index in [9.17, 15) is 35.4 Å². The number of nitrogens with zero attached hydrogens (tertiary/aromatic N) is 1. The van der Waals surface area contributed by atoms with Crippen LogP contribution >= 0.6 is 0 Å². The molecule has 0 aromatic carbocycles. The van der Waals surface area contributed by atoms with Crippen LogP contribution in [0.3, 0.4) is 0 Å². The van der Waals surface area contributed by atoms with Crippen LogP contribution in [-0.4, -0.2) is 165 Å². The highest BCUT2D eigenvalue weighted by Gasteiger charge is 2.61. The Balaban J connectivity index is 1.35. The number of hydrogen-bond donors (Lipinski definition) is 14. The third-order valence-electron chi connectivity index (χ3n) is 10.2. The van der Waals surface area contributed by atoms with Gasteiger partial charge in [-0.1, -0.05) is 0 Å². The van der Waals surface area contributed by atoms with E-state index in [-0.39, 0.29) is 37.8 Å². The van der Waals surface area contributed by atoms with E-state index in [1.165, 1.54) is 0 Å². The van der Waals surface area contributed by atoms with Gasteiger partial charge in [0, 0.05) is 25.0 Å². The molecule has 5 rings (SSSR count). The smallest absolute Gasteiger partial charge is 0.254 e. The van der Waals surface area contributed by atoms with Crippen LogP contribution in [0.1, 0.15) is 32.1 Å². The van der Waals surface area contributed by atoms with E-state index in [4.69, 9.17) is 53.3 Å². The van der Waals surface area contributed by atoms with E-state index in [1.54, 1.807) is 0 Å². The first kappa shape index (κ1) is 37.4. The molecule has 0 spiro atoms. The average Bonchev–Trinajstić information content (AvgIpc) is 3.68. The second-order valence-corrected chi connectivity index (χ2v) is 13.8. The molecule has 3 unspecified atom stereocenters. The highest BCUT2D eigenvalue weighted by molar-refractivity contribution is 5.90. The molecular weight excluding hydrogens is 638 g/mol. The predicted octanol–water partition coefficient (Wildman–Crippen LogP) is -7.99. The van der Waals surface area contributed by atoms with Crippen molar-refractivity contribution < 1.29 is 54.4 Å². The molecule has 20 nitrogen and oxygen atoms in total. The number of amides is 1. The molecular formula is C28H53N9O11. The maximum absolute atomic E-state index is 13.3. The van der Waals surface area contributed by atoms with E-state index in [2.05, 4.69) is 15.6 Å². The monoisotopic (exact) mass is 691 g/mol. The molecule has 3 aliphatic carbocycles. The highest BCUT2D eigenvalue weighted by atomic mass is 16.7. The summed E-state index contributed by atoms with van der Waals surface area (Å²) in [5.41, 5.74) is 33.2. The molecule has 16 atom stereocenters. The summed E-state index contributed by atoms with van der Waals surface area (Å²) >= 11 is 0. The fourth-order valence-electron chi connectivity index (χ4n) is 7.05. The van der Waals surface area contributed by atoms with Gasteiger partial charge < -0.3 is 94.6 Å². The van der Waals surface area contributed by atoms with Gasteiger partial charge in [-0.05, 0) is 38.1 Å². The Morgan fingerprint density at radius 1 is 0.896 bits per heavy atom. The van der Waals surface area contributed by atoms with Crippen molar-refractivity contribution in [3.63, 3.8) is 0 Å². The molecule has 0 aromatic rings. The molecule has 5 fully saturated rings. The zero-order valence-corrected chi connectivity index (χ0v) is 26.6. The predicted molar refractivity (Wildman–Crippen MR) is 166 cm³/mol. The summed E-state index contributed by atoms with van der Waals surface area (Å²) in [7, 11) is 0. The molecule has 5 aliphatic rings. The third kappa shape index (κ3) is 7.87. The number of aliphatic hydroxyl groups is 6. The summed E-state index contributed by atoms with van der Waals surface area (Å²) in [5, 5.41) is 70.2. The minimum atomic E-state index is -1.93. The Morgan fingerprint density at radius 2 is 1.56 bits per heavy atom. The Bertz CT molecular complexity index is 1130. The molecule has 276 valence electrons. The van der Waals surface area contributed by atoms with Crippen molar-refractivity contribution in [2.45, 2.75) is 135 Å². The largest absolute Gasteiger partial charge is 0.394 e. The molecule has 20 heteroatoms. The molecule has 2 heterocycles. The standard InChI is InChI=1S/C28H53N9O11/c29-6-15-14(39)4-13(35-7-9-1-10(30)2-9)24(45-15)47-22-11(31)3-12(36-26(43)28(44)5-17(28)37-27(33)34)23(21(22)42)48-25-20(41)18(32)19(40)16(8-38)46-25/h9-25,35,38-42,44H,1-8,29-32H2,(H,36,43)(H4,33,34,37)/t9?,10?,11-,12+,13+,14-,15+,16+,17?,18-,19+,20+,21-,22?,23-,24+,25+,28?/m0/s1. The van der Waals surface area contributed by atoms with Gasteiger partial charge in [0.25, 0.3) is 5.91 Å². The third-order valence-corrected chi connectivity index (χ3v) is 10.2. The summed E-state index contributed by atoms with van der Waals surface area (Å²) < 4.78 is 24.0. The number of ether oxygens (including phenoxy) is 4. The summed E-state index contributed by atoms with van der Waals surface area (Å²) in [6.45, 7) is -0.0539. The van der Waals surface area contributed by atoms with Gasteiger partial charge in [-0.3, -0.25) is 4.79 Å². The Kier molecular flexibility index (Phi) is 11.8. The van der Waals surface area contributed by atoms with Gasteiger partial charge in [-0.2, -0.15) is 0 Å². The van der Waals surface area contributed by atoms with Crippen LogP contribution < -0.4 is 45.0 Å². The normalized spacial score (nSPS) is 49.1. The number of guanidine groups is 1. The van der Waals surface area contributed by atoms with E-state index >= 15 is 0 Å². The first-order valence-corrected chi connectivity index (χ1v) is 16.4. The topological polar surface area (TPSA) is 368 Å². The van der Waals surface area contributed by atoms with Gasteiger partial charge in [0.1, 0.15) is 36.6 Å². The van der Waals surface area contributed by atoms with Gasteiger partial charge in [-0.25, -0.2) is 4.99 Å². The van der Waals surface area contributed by atoms with Gasteiger partial charge in [0.15, 0.2) is 24.1 Å². The van der Waals surface area contributed by atoms with Crippen molar-refractivity contribution in [3.8, 4) is 0 Å². The van der Waals surface area contributed by atoms with Crippen molar-refractivity contribution in [2.24, 2.45) is 45.3 Å². The molecule has 1 amide bonds. The van der Waals surface area contributed by atoms with Crippen molar-refractivity contribution in [3.05, 3.63) is 0 Å². The number of aliphatic imine (C=N–C) groups is 1. The summed E-state index contributed by atoms with van der Waals surface area (Å²) in [6.07, 6.45) is -10.8. The van der Waals surface area contributed by atoms with E-state index < -0.39 is 110 Å². The van der Waals surface area contributed by atoms with Gasteiger partial charge >= 0.3 is 0 Å². The SMILES string of the molecule is NC[C@H]1O[C@H](OC2[C@@H](N)C[C@@H](NC(=O)C3(O)CC3N=C(N)N)[C@H](O[C@H]3O[C@H](CO)[C@@H](O)[C@H](N)[C@H]3O)[C@H]2O)[C@H](NCC2CC(N)C2)C[C@@H]1O. The minimum Gasteiger partial charge on any atom is -0.394 e. The lowest BCUT2D eigenvalue weighted by Gasteiger charge is -2.49. The number of carbonyl (C=O) groups excluding carboxylic acids is 1. The lowest BCUT2D eigenvalue weighted by Crippen LogP contribution is -2.69. The van der Waals surface area contributed by atoms with Crippen molar-refractivity contribution in [1.82, 2.24) is 10.6 Å². The number of nitrogens with two attached hydrogens (primary N) is 6. The van der Waals surface area contributed by atoms with Crippen LogP contribution in [-0.2, 0) is 23.7 Å². The number of hydrogen-bond acceptors (Lipinski definition) is 17. The van der Waals surface area contributed by atoms with Crippen molar-refractivity contribution in [1.29, 1.82) is 0 Å². The Labute approximate surface area is 277 Å². The Hall–Kier alpha value is -1.86. The van der Waals surface area contributed by atoms with Crippen LogP contribution in [0.5, 0.6) is 0 Å². The van der Waals surface area contributed by atoms with Crippen LogP contribution in [0, 0.1) is 5.92 Å². The van der Waals surface area contributed by atoms with Crippen molar-refractivity contribution >= 4 is 11.9 Å². The molecule has 0 bridgehead atoms. The van der Waals surface area contributed by atoms with Crippen molar-refractivity contribution in [2.75, 3.05) is 19.7 Å². The quantitative estimate of drug-likeness (QED) is 0.0667. The highest BCUT2D eigenvalue weighted by Crippen LogP contribution is 2.40. The zero-order valence-electron chi connectivity index (χ0n) is 26.6. The average molecular weight is 692 g/mol. The zero-order chi connectivity index (χ0) is 35.1. The summed E-state index contributed by atoms with van der Waals surface area (Å²) in [5.74, 6) is -0.813. The van der Waals surface area contributed by atoms with Gasteiger partial charge in [0.05, 0.1) is 43.0 Å². The number of rotatable bonds is 12. The number of carbonyl (C=O) groups is 1. The maximum Gasteiger partial charge on any atom is 0.254 e. The lowest BCUT2D eigenvalue weighted by molar-refractivity contribution is -0.316. The molecule has 0 radical (unpaired) electrons. The maximum atomic E-state index is 13.3. The lowest BCUT2D eigenvalue weighted by atomic mass is 9.80. The van der Waals surface area contributed by atoms with E-state index in [1.807, 2.05) is 0 Å². The molecule has 48 heavy (non-hydrogen) atoms.